The van der Waals surface area contributed by atoms with Gasteiger partial charge >= 0.3 is 0 Å². The molecule has 0 atom stereocenters. The second kappa shape index (κ2) is 6.30. The van der Waals surface area contributed by atoms with Crippen LogP contribution in [0.25, 0.3) is 0 Å². The summed E-state index contributed by atoms with van der Waals surface area (Å²) in [6.45, 7) is 8.18. The number of nitrogens with one attached hydrogen (secondary N) is 1. The smallest absolute Gasteiger partial charge is 0.134 e. The van der Waals surface area contributed by atoms with E-state index in [1.807, 2.05) is 13.1 Å². The zero-order valence-electron chi connectivity index (χ0n) is 10.7. The summed E-state index contributed by atoms with van der Waals surface area (Å²) in [6, 6.07) is 2.01. The number of hydrogen-bond acceptors (Lipinski definition) is 4. The number of rotatable bonds is 6. The van der Waals surface area contributed by atoms with Crippen molar-refractivity contribution in [1.29, 1.82) is 0 Å². The fourth-order valence-corrected chi connectivity index (χ4v) is 1.45. The molecule has 0 amide bonds. The molecule has 0 aliphatic heterocycles. The summed E-state index contributed by atoms with van der Waals surface area (Å²) in [5, 5.41) is 3.25. The Bertz CT molecular complexity index is 301. The van der Waals surface area contributed by atoms with Gasteiger partial charge in [-0.05, 0) is 20.3 Å². The van der Waals surface area contributed by atoms with Crippen LogP contribution in [0, 0.1) is 0 Å². The molecule has 1 N–H and O–H groups in total. The van der Waals surface area contributed by atoms with Gasteiger partial charge in [0.25, 0.3) is 0 Å². The molecule has 0 bridgehead atoms. The maximum Gasteiger partial charge on any atom is 0.134 e. The molecule has 1 rings (SSSR count). The minimum absolute atomic E-state index is 0.887. The Labute approximate surface area is 98.1 Å². The Morgan fingerprint density at radius 2 is 2.00 bits per heavy atom. The molecule has 0 aliphatic rings. The molecular weight excluding hydrogens is 200 g/mol. The second-order valence-electron chi connectivity index (χ2n) is 3.82. The monoisotopic (exact) mass is 222 g/mol. The van der Waals surface area contributed by atoms with Crippen molar-refractivity contribution in [1.82, 2.24) is 9.97 Å². The maximum atomic E-state index is 4.55. The average Bonchev–Trinajstić information content (AvgIpc) is 2.28. The van der Waals surface area contributed by atoms with Gasteiger partial charge in [-0.1, -0.05) is 6.92 Å². The maximum absolute atomic E-state index is 4.55. The van der Waals surface area contributed by atoms with Crippen LogP contribution >= 0.6 is 0 Å². The molecule has 1 aromatic rings. The zero-order valence-corrected chi connectivity index (χ0v) is 10.7. The Morgan fingerprint density at radius 1 is 1.25 bits per heavy atom. The first kappa shape index (κ1) is 12.7. The summed E-state index contributed by atoms with van der Waals surface area (Å²) in [6.07, 6.45) is 2.01. The minimum Gasteiger partial charge on any atom is -0.370 e. The van der Waals surface area contributed by atoms with Crippen molar-refractivity contribution in [2.45, 2.75) is 33.6 Å². The number of hydrogen-bond donors (Lipinski definition) is 1. The lowest BCUT2D eigenvalue weighted by atomic mass is 10.3. The molecule has 90 valence electrons. The molecule has 4 nitrogen and oxygen atoms in total. The van der Waals surface area contributed by atoms with E-state index in [9.17, 15) is 0 Å². The van der Waals surface area contributed by atoms with Crippen LogP contribution in [0.5, 0.6) is 0 Å². The minimum atomic E-state index is 0.887. The quantitative estimate of drug-likeness (QED) is 0.802. The highest BCUT2D eigenvalue weighted by Crippen LogP contribution is 2.15. The molecule has 1 aromatic heterocycles. The molecule has 0 aromatic carbocycles. The van der Waals surface area contributed by atoms with Gasteiger partial charge in [0, 0.05) is 32.6 Å². The molecule has 0 radical (unpaired) electrons. The van der Waals surface area contributed by atoms with E-state index < -0.39 is 0 Å². The van der Waals surface area contributed by atoms with Gasteiger partial charge in [0.15, 0.2) is 0 Å². The summed E-state index contributed by atoms with van der Waals surface area (Å²) >= 11 is 0. The van der Waals surface area contributed by atoms with Crippen molar-refractivity contribution in [3.8, 4) is 0 Å². The molecule has 0 saturated carbocycles. The normalized spacial score (nSPS) is 10.2. The van der Waals surface area contributed by atoms with Crippen molar-refractivity contribution in [3.05, 3.63) is 11.9 Å². The molecule has 0 fully saturated rings. The van der Waals surface area contributed by atoms with E-state index in [1.54, 1.807) is 0 Å². The summed E-state index contributed by atoms with van der Waals surface area (Å²) in [5.41, 5.74) is 0. The van der Waals surface area contributed by atoms with E-state index in [0.717, 1.165) is 43.4 Å². The Balaban J connectivity index is 2.97. The van der Waals surface area contributed by atoms with Crippen LogP contribution in [0.2, 0.25) is 0 Å². The van der Waals surface area contributed by atoms with E-state index in [-0.39, 0.29) is 0 Å². The largest absolute Gasteiger partial charge is 0.370 e. The van der Waals surface area contributed by atoms with Gasteiger partial charge in [0.2, 0.25) is 0 Å². The topological polar surface area (TPSA) is 41.1 Å². The summed E-state index contributed by atoms with van der Waals surface area (Å²) < 4.78 is 0. The van der Waals surface area contributed by atoms with E-state index >= 15 is 0 Å². The van der Waals surface area contributed by atoms with Crippen LogP contribution in [0.3, 0.4) is 0 Å². The lowest BCUT2D eigenvalue weighted by molar-refractivity contribution is 0.819. The highest BCUT2D eigenvalue weighted by molar-refractivity contribution is 5.48. The third kappa shape index (κ3) is 3.36. The first-order valence-corrected chi connectivity index (χ1v) is 6.04. The SMILES string of the molecule is CCCc1nc(NCC)cc(N(C)CC)n1. The summed E-state index contributed by atoms with van der Waals surface area (Å²) in [7, 11) is 2.05. The third-order valence-corrected chi connectivity index (χ3v) is 2.46. The van der Waals surface area contributed by atoms with E-state index in [4.69, 9.17) is 0 Å². The average molecular weight is 222 g/mol. The van der Waals surface area contributed by atoms with Crippen molar-refractivity contribution < 1.29 is 0 Å². The van der Waals surface area contributed by atoms with E-state index in [1.165, 1.54) is 0 Å². The van der Waals surface area contributed by atoms with E-state index in [0.29, 0.717) is 0 Å². The molecule has 0 spiro atoms. The highest BCUT2D eigenvalue weighted by Gasteiger charge is 2.06. The van der Waals surface area contributed by atoms with Gasteiger partial charge in [-0.2, -0.15) is 0 Å². The van der Waals surface area contributed by atoms with Crippen LogP contribution in [0.15, 0.2) is 6.07 Å². The molecule has 0 aliphatic carbocycles. The lowest BCUT2D eigenvalue weighted by Gasteiger charge is -2.17. The predicted octanol–water partition coefficient (Wildman–Crippen LogP) is 2.32. The van der Waals surface area contributed by atoms with Crippen molar-refractivity contribution in [2.75, 3.05) is 30.4 Å². The van der Waals surface area contributed by atoms with Crippen LogP contribution in [0.4, 0.5) is 11.6 Å². The molecule has 0 unspecified atom stereocenters. The van der Waals surface area contributed by atoms with Crippen molar-refractivity contribution >= 4 is 11.6 Å². The first-order chi connectivity index (χ1) is 7.71. The Hall–Kier alpha value is -1.32. The Kier molecular flexibility index (Phi) is 5.02. The van der Waals surface area contributed by atoms with Gasteiger partial charge in [0.1, 0.15) is 17.5 Å². The highest BCUT2D eigenvalue weighted by atomic mass is 15.2. The second-order valence-corrected chi connectivity index (χ2v) is 3.82. The first-order valence-electron chi connectivity index (χ1n) is 6.04. The van der Waals surface area contributed by atoms with Crippen LogP contribution in [-0.2, 0) is 6.42 Å². The van der Waals surface area contributed by atoms with E-state index in [2.05, 4.69) is 41.0 Å². The molecule has 16 heavy (non-hydrogen) atoms. The number of aryl methyl sites for hydroxylation is 1. The van der Waals surface area contributed by atoms with Crippen molar-refractivity contribution in [2.24, 2.45) is 0 Å². The fourth-order valence-electron chi connectivity index (χ4n) is 1.45. The third-order valence-electron chi connectivity index (χ3n) is 2.46. The number of anilines is 2. The van der Waals surface area contributed by atoms with Crippen LogP contribution in [-0.4, -0.2) is 30.1 Å². The van der Waals surface area contributed by atoms with Gasteiger partial charge in [-0.3, -0.25) is 0 Å². The fraction of sp³-hybridized carbons (Fsp3) is 0.667. The van der Waals surface area contributed by atoms with Crippen molar-refractivity contribution in [3.63, 3.8) is 0 Å². The van der Waals surface area contributed by atoms with Gasteiger partial charge in [-0.15, -0.1) is 0 Å². The standard InChI is InChI=1S/C12H22N4/c1-5-8-10-14-11(13-6-2)9-12(15-10)16(4)7-3/h9H,5-8H2,1-4H3,(H,13,14,15). The van der Waals surface area contributed by atoms with Gasteiger partial charge in [-0.25, -0.2) is 9.97 Å². The Morgan fingerprint density at radius 3 is 2.56 bits per heavy atom. The van der Waals surface area contributed by atoms with Crippen LogP contribution < -0.4 is 10.2 Å². The molecule has 0 saturated heterocycles. The van der Waals surface area contributed by atoms with Crippen LogP contribution in [0.1, 0.15) is 33.0 Å². The number of aromatic nitrogens is 2. The summed E-state index contributed by atoms with van der Waals surface area (Å²) in [5.74, 6) is 2.85. The molecule has 4 heteroatoms. The predicted molar refractivity (Wildman–Crippen MR) is 69.1 cm³/mol. The lowest BCUT2D eigenvalue weighted by Crippen LogP contribution is -2.19. The molecular formula is C12H22N4. The van der Waals surface area contributed by atoms with Gasteiger partial charge < -0.3 is 10.2 Å². The zero-order chi connectivity index (χ0) is 12.0. The van der Waals surface area contributed by atoms with Gasteiger partial charge in [0.05, 0.1) is 0 Å². The number of nitrogens with zero attached hydrogens (tertiary/aromatic N) is 3. The summed E-state index contributed by atoms with van der Waals surface area (Å²) in [4.78, 5) is 11.2. The molecule has 1 heterocycles.